The van der Waals surface area contributed by atoms with Gasteiger partial charge in [-0.05, 0) is 36.4 Å². The second-order valence-electron chi connectivity index (χ2n) is 5.91. The molecule has 0 N–H and O–H groups in total. The van der Waals surface area contributed by atoms with E-state index in [1.165, 1.54) is 38.9 Å². The van der Waals surface area contributed by atoms with Crippen molar-refractivity contribution in [3.63, 3.8) is 0 Å². The number of fused-ring (bicyclic) bond motifs is 1. The van der Waals surface area contributed by atoms with Gasteiger partial charge in [0.05, 0.1) is 0 Å². The predicted octanol–water partition coefficient (Wildman–Crippen LogP) is 4.41. The molecule has 0 aliphatic rings. The first kappa shape index (κ1) is 13.8. The van der Waals surface area contributed by atoms with Crippen LogP contribution in [0.1, 0.15) is 28.1 Å². The quantitative estimate of drug-likeness (QED) is 0.610. The summed E-state index contributed by atoms with van der Waals surface area (Å²) in [5.41, 5.74) is 6.76. The maximum absolute atomic E-state index is 2.41. The average molecular weight is 276 g/mol. The van der Waals surface area contributed by atoms with Gasteiger partial charge >= 0.3 is 0 Å². The van der Waals surface area contributed by atoms with Crippen molar-refractivity contribution < 1.29 is 4.57 Å². The normalized spacial score (nSPS) is 11.0. The lowest BCUT2D eigenvalue weighted by Crippen LogP contribution is -2.41. The summed E-state index contributed by atoms with van der Waals surface area (Å²) in [6, 6.07) is 17.5. The zero-order valence-electron chi connectivity index (χ0n) is 13.3. The second kappa shape index (κ2) is 5.33. The van der Waals surface area contributed by atoms with Gasteiger partial charge in [-0.25, -0.2) is 0 Å². The Bertz CT molecular complexity index is 801. The summed E-state index contributed by atoms with van der Waals surface area (Å²) < 4.78 is 2.41. The van der Waals surface area contributed by atoms with Crippen LogP contribution < -0.4 is 4.57 Å². The summed E-state index contributed by atoms with van der Waals surface area (Å²) >= 11 is 0. The summed E-state index contributed by atoms with van der Waals surface area (Å²) in [6.07, 6.45) is 0. The Morgan fingerprint density at radius 2 is 1.52 bits per heavy atom. The molecule has 0 aliphatic heterocycles. The topological polar surface area (TPSA) is 3.88 Å². The van der Waals surface area contributed by atoms with Crippen LogP contribution in [0.2, 0.25) is 0 Å². The van der Waals surface area contributed by atoms with E-state index in [1.807, 2.05) is 0 Å². The highest BCUT2D eigenvalue weighted by atomic mass is 15.0. The van der Waals surface area contributed by atoms with Crippen LogP contribution in [0, 0.1) is 27.7 Å². The van der Waals surface area contributed by atoms with E-state index in [9.17, 15) is 0 Å². The van der Waals surface area contributed by atoms with Gasteiger partial charge in [0.15, 0.2) is 17.9 Å². The number of hydrogen-bond donors (Lipinski definition) is 0. The zero-order chi connectivity index (χ0) is 15.0. The largest absolute Gasteiger partial charge is 0.195 e. The smallest absolute Gasteiger partial charge is 0.186 e. The minimum absolute atomic E-state index is 0.932. The Morgan fingerprint density at radius 1 is 0.810 bits per heavy atom. The van der Waals surface area contributed by atoms with Crippen LogP contribution in [0.3, 0.4) is 0 Å². The summed E-state index contributed by atoms with van der Waals surface area (Å²) in [5.74, 6) is 0. The highest BCUT2D eigenvalue weighted by Crippen LogP contribution is 2.23. The fraction of sp³-hybridized carbons (Fsp3) is 0.250. The summed E-state index contributed by atoms with van der Waals surface area (Å²) in [6.45, 7) is 9.77. The van der Waals surface area contributed by atoms with Gasteiger partial charge in [-0.15, -0.1) is 0 Å². The fourth-order valence-electron chi connectivity index (χ4n) is 3.05. The number of aromatic nitrogens is 1. The Labute approximate surface area is 126 Å². The number of nitrogens with zero attached hydrogens (tertiary/aromatic N) is 1. The molecule has 0 amide bonds. The summed E-state index contributed by atoms with van der Waals surface area (Å²) in [7, 11) is 0. The third-order valence-corrected chi connectivity index (χ3v) is 4.54. The SMILES string of the molecule is Cc1ccc2c(C)[n+](Cc3ccccc3)c(C)cc2c1C. The van der Waals surface area contributed by atoms with Crippen LogP contribution >= 0.6 is 0 Å². The van der Waals surface area contributed by atoms with Crippen molar-refractivity contribution in [2.75, 3.05) is 0 Å². The van der Waals surface area contributed by atoms with Gasteiger partial charge in [-0.1, -0.05) is 36.4 Å². The minimum Gasteiger partial charge on any atom is -0.195 e. The van der Waals surface area contributed by atoms with E-state index < -0.39 is 0 Å². The van der Waals surface area contributed by atoms with E-state index in [0.29, 0.717) is 0 Å². The van der Waals surface area contributed by atoms with Crippen LogP contribution in [0.15, 0.2) is 48.5 Å². The number of benzene rings is 2. The lowest BCUT2D eigenvalue weighted by Gasteiger charge is -2.11. The van der Waals surface area contributed by atoms with Crippen LogP contribution in [-0.2, 0) is 6.54 Å². The molecule has 1 aromatic heterocycles. The van der Waals surface area contributed by atoms with Gasteiger partial charge in [0.1, 0.15) is 0 Å². The highest BCUT2D eigenvalue weighted by Gasteiger charge is 2.17. The maximum atomic E-state index is 2.41. The van der Waals surface area contributed by atoms with E-state index in [2.05, 4.69) is 80.8 Å². The molecule has 0 fully saturated rings. The molecule has 0 atom stereocenters. The molecule has 21 heavy (non-hydrogen) atoms. The Hall–Kier alpha value is -2.15. The molecule has 1 heteroatoms. The molecular weight excluding hydrogens is 254 g/mol. The Morgan fingerprint density at radius 3 is 2.24 bits per heavy atom. The van der Waals surface area contributed by atoms with E-state index >= 15 is 0 Å². The average Bonchev–Trinajstić information content (AvgIpc) is 2.49. The molecule has 0 radical (unpaired) electrons. The monoisotopic (exact) mass is 276 g/mol. The van der Waals surface area contributed by atoms with Gasteiger partial charge < -0.3 is 0 Å². The van der Waals surface area contributed by atoms with Crippen LogP contribution in [0.5, 0.6) is 0 Å². The van der Waals surface area contributed by atoms with Crippen molar-refractivity contribution in [1.82, 2.24) is 0 Å². The van der Waals surface area contributed by atoms with Crippen molar-refractivity contribution in [3.8, 4) is 0 Å². The number of hydrogen-bond acceptors (Lipinski definition) is 0. The summed E-state index contributed by atoms with van der Waals surface area (Å²) in [4.78, 5) is 0. The van der Waals surface area contributed by atoms with Gasteiger partial charge in [0.2, 0.25) is 0 Å². The van der Waals surface area contributed by atoms with Crippen LogP contribution in [0.25, 0.3) is 10.8 Å². The lowest BCUT2D eigenvalue weighted by molar-refractivity contribution is -0.698. The molecule has 0 spiro atoms. The molecule has 0 unspecified atom stereocenters. The van der Waals surface area contributed by atoms with E-state index in [-0.39, 0.29) is 0 Å². The first-order valence-electron chi connectivity index (χ1n) is 7.52. The first-order valence-corrected chi connectivity index (χ1v) is 7.52. The molecule has 1 nitrogen and oxygen atoms in total. The molecule has 0 saturated carbocycles. The van der Waals surface area contributed by atoms with Gasteiger partial charge in [0, 0.05) is 30.9 Å². The molecule has 1 heterocycles. The standard InChI is InChI=1S/C20H22N/c1-14-10-11-19-17(4)21(13-18-8-6-5-7-9-18)15(2)12-20(19)16(14)3/h5-12H,13H2,1-4H3/q+1. The molecular formula is C20H22N+. The van der Waals surface area contributed by atoms with E-state index in [4.69, 9.17) is 0 Å². The van der Waals surface area contributed by atoms with Crippen molar-refractivity contribution in [2.45, 2.75) is 34.2 Å². The van der Waals surface area contributed by atoms with Crippen molar-refractivity contribution in [3.05, 3.63) is 76.6 Å². The third kappa shape index (κ3) is 2.44. The second-order valence-corrected chi connectivity index (χ2v) is 5.91. The van der Waals surface area contributed by atoms with Crippen molar-refractivity contribution in [2.24, 2.45) is 0 Å². The first-order chi connectivity index (χ1) is 10.1. The molecule has 0 aliphatic carbocycles. The van der Waals surface area contributed by atoms with Crippen LogP contribution in [0.4, 0.5) is 0 Å². The van der Waals surface area contributed by atoms with Crippen molar-refractivity contribution in [1.29, 1.82) is 0 Å². The Balaban J connectivity index is 2.18. The van der Waals surface area contributed by atoms with Gasteiger partial charge in [-0.2, -0.15) is 4.57 Å². The minimum atomic E-state index is 0.932. The lowest BCUT2D eigenvalue weighted by atomic mass is 9.99. The van der Waals surface area contributed by atoms with E-state index in [1.54, 1.807) is 0 Å². The molecule has 3 rings (SSSR count). The predicted molar refractivity (Wildman–Crippen MR) is 88.6 cm³/mol. The Kier molecular flexibility index (Phi) is 3.50. The van der Waals surface area contributed by atoms with Crippen LogP contribution in [-0.4, -0.2) is 0 Å². The van der Waals surface area contributed by atoms with Crippen molar-refractivity contribution >= 4 is 10.8 Å². The van der Waals surface area contributed by atoms with Gasteiger partial charge in [0.25, 0.3) is 0 Å². The van der Waals surface area contributed by atoms with E-state index in [0.717, 1.165) is 6.54 Å². The maximum Gasteiger partial charge on any atom is 0.186 e. The van der Waals surface area contributed by atoms with Gasteiger partial charge in [-0.3, -0.25) is 0 Å². The fourth-order valence-corrected chi connectivity index (χ4v) is 3.05. The number of pyridine rings is 1. The number of aryl methyl sites for hydroxylation is 4. The molecule has 3 aromatic rings. The summed E-state index contributed by atoms with van der Waals surface area (Å²) in [5, 5.41) is 2.74. The third-order valence-electron chi connectivity index (χ3n) is 4.54. The highest BCUT2D eigenvalue weighted by molar-refractivity contribution is 5.87. The molecule has 2 aromatic carbocycles. The molecule has 0 bridgehead atoms. The zero-order valence-corrected chi connectivity index (χ0v) is 13.3. The number of rotatable bonds is 2. The molecule has 106 valence electrons. The molecule has 0 saturated heterocycles.